The molecule has 1 aromatic carbocycles. The molecule has 0 saturated carbocycles. The van der Waals surface area contributed by atoms with E-state index < -0.39 is 0 Å². The number of benzene rings is 1. The Morgan fingerprint density at radius 2 is 2.08 bits per heavy atom. The summed E-state index contributed by atoms with van der Waals surface area (Å²) in [5.41, 5.74) is 1.46. The van der Waals surface area contributed by atoms with Gasteiger partial charge in [0.25, 0.3) is 0 Å². The fraction of sp³-hybridized carbons (Fsp3) is 0.529. The molecule has 2 aliphatic rings. The summed E-state index contributed by atoms with van der Waals surface area (Å²) in [4.78, 5) is 27.6. The van der Waals surface area contributed by atoms with Crippen LogP contribution < -0.4 is 10.6 Å². The maximum absolute atomic E-state index is 13.3. The van der Waals surface area contributed by atoms with Gasteiger partial charge >= 0.3 is 12.1 Å². The van der Waals surface area contributed by atoms with Gasteiger partial charge < -0.3 is 20.4 Å². The third-order valence-corrected chi connectivity index (χ3v) is 4.75. The molecule has 6 nitrogen and oxygen atoms in total. The summed E-state index contributed by atoms with van der Waals surface area (Å²) in [7, 11) is 0. The molecule has 2 saturated heterocycles. The molecule has 24 heavy (non-hydrogen) atoms. The van der Waals surface area contributed by atoms with Gasteiger partial charge in [-0.15, -0.1) is 0 Å². The highest BCUT2D eigenvalue weighted by Gasteiger charge is 2.31. The number of likely N-dealkylation sites (tertiary alicyclic amines) is 1. The van der Waals surface area contributed by atoms with Crippen LogP contribution in [0.1, 0.15) is 24.0 Å². The third kappa shape index (κ3) is 3.60. The van der Waals surface area contributed by atoms with Gasteiger partial charge in [-0.05, 0) is 37.0 Å². The van der Waals surface area contributed by atoms with Gasteiger partial charge in [-0.25, -0.2) is 14.0 Å². The predicted molar refractivity (Wildman–Crippen MR) is 88.1 cm³/mol. The van der Waals surface area contributed by atoms with Crippen LogP contribution in [-0.2, 0) is 6.54 Å². The average Bonchev–Trinajstić information content (AvgIpc) is 3.02. The van der Waals surface area contributed by atoms with Crippen molar-refractivity contribution < 1.29 is 14.0 Å². The van der Waals surface area contributed by atoms with Crippen molar-refractivity contribution in [1.29, 1.82) is 0 Å². The predicted octanol–water partition coefficient (Wildman–Crippen LogP) is 1.83. The molecule has 3 rings (SSSR count). The van der Waals surface area contributed by atoms with E-state index in [1.807, 2.05) is 4.90 Å². The van der Waals surface area contributed by atoms with Gasteiger partial charge in [0, 0.05) is 38.8 Å². The molecule has 2 aliphatic heterocycles. The number of carbonyl (C=O) groups excluding carboxylic acids is 2. The summed E-state index contributed by atoms with van der Waals surface area (Å²) in [6.45, 7) is 4.83. The van der Waals surface area contributed by atoms with E-state index in [2.05, 4.69) is 10.6 Å². The number of halogens is 1. The lowest BCUT2D eigenvalue weighted by Crippen LogP contribution is -2.50. The largest absolute Gasteiger partial charge is 0.336 e. The van der Waals surface area contributed by atoms with Crippen molar-refractivity contribution in [3.63, 3.8) is 0 Å². The highest BCUT2D eigenvalue weighted by atomic mass is 19.1. The number of urea groups is 2. The lowest BCUT2D eigenvalue weighted by molar-refractivity contribution is 0.141. The summed E-state index contributed by atoms with van der Waals surface area (Å²) in [5.74, 6) is -0.238. The number of nitrogens with one attached hydrogen (secondary N) is 2. The van der Waals surface area contributed by atoms with Crippen LogP contribution in [0.25, 0.3) is 0 Å². The number of aryl methyl sites for hydroxylation is 1. The van der Waals surface area contributed by atoms with Gasteiger partial charge in [0.15, 0.2) is 0 Å². The first kappa shape index (κ1) is 16.5. The summed E-state index contributed by atoms with van der Waals surface area (Å²) in [6.07, 6.45) is 1.60. The first-order chi connectivity index (χ1) is 11.5. The Morgan fingerprint density at radius 1 is 1.33 bits per heavy atom. The fourth-order valence-electron chi connectivity index (χ4n) is 3.32. The Morgan fingerprint density at radius 3 is 2.71 bits per heavy atom. The highest BCUT2D eigenvalue weighted by Crippen LogP contribution is 2.18. The summed E-state index contributed by atoms with van der Waals surface area (Å²) < 4.78 is 13.3. The minimum atomic E-state index is -0.238. The summed E-state index contributed by atoms with van der Waals surface area (Å²) in [6, 6.07) is 4.96. The Hall–Kier alpha value is -2.31. The zero-order valence-electron chi connectivity index (χ0n) is 13.8. The van der Waals surface area contributed by atoms with Gasteiger partial charge in [0.1, 0.15) is 5.82 Å². The monoisotopic (exact) mass is 334 g/mol. The molecule has 2 fully saturated rings. The normalized spacial score (nSPS) is 18.7. The van der Waals surface area contributed by atoms with Crippen molar-refractivity contribution in [2.24, 2.45) is 0 Å². The molecule has 4 amide bonds. The van der Waals surface area contributed by atoms with Crippen LogP contribution in [0.15, 0.2) is 18.2 Å². The van der Waals surface area contributed by atoms with E-state index in [0.29, 0.717) is 31.7 Å². The molecular formula is C17H23FN4O2. The van der Waals surface area contributed by atoms with Crippen molar-refractivity contribution in [2.75, 3.05) is 26.2 Å². The van der Waals surface area contributed by atoms with Gasteiger partial charge in [-0.2, -0.15) is 0 Å². The number of nitrogens with zero attached hydrogens (tertiary/aromatic N) is 2. The Bertz CT molecular complexity index is 629. The maximum Gasteiger partial charge on any atom is 0.317 e. The van der Waals surface area contributed by atoms with Crippen LogP contribution in [0.2, 0.25) is 0 Å². The first-order valence-corrected chi connectivity index (χ1v) is 8.37. The van der Waals surface area contributed by atoms with Crippen molar-refractivity contribution in [2.45, 2.75) is 32.4 Å². The number of amides is 4. The zero-order valence-corrected chi connectivity index (χ0v) is 13.8. The molecule has 0 spiro atoms. The summed E-state index contributed by atoms with van der Waals surface area (Å²) in [5, 5.41) is 5.70. The molecule has 0 bridgehead atoms. The van der Waals surface area contributed by atoms with Crippen LogP contribution >= 0.6 is 0 Å². The standard InChI is InChI=1S/C17H23FN4O2/c1-12-10-13(2-3-15(12)18)11-20-16(23)21-7-4-14(5-8-21)22-9-6-19-17(22)24/h2-3,10,14H,4-9,11H2,1H3,(H,19,24)(H,20,23). The van der Waals surface area contributed by atoms with Crippen molar-refractivity contribution in [3.05, 3.63) is 35.1 Å². The smallest absolute Gasteiger partial charge is 0.317 e. The molecule has 0 unspecified atom stereocenters. The average molecular weight is 334 g/mol. The number of hydrogen-bond acceptors (Lipinski definition) is 2. The van der Waals surface area contributed by atoms with Crippen LogP contribution in [0.3, 0.4) is 0 Å². The highest BCUT2D eigenvalue weighted by molar-refractivity contribution is 5.77. The molecule has 2 N–H and O–H groups in total. The van der Waals surface area contributed by atoms with Crippen molar-refractivity contribution in [1.82, 2.24) is 20.4 Å². The van der Waals surface area contributed by atoms with E-state index in [1.165, 1.54) is 6.07 Å². The third-order valence-electron chi connectivity index (χ3n) is 4.75. The Kier molecular flexibility index (Phi) is 4.87. The second-order valence-electron chi connectivity index (χ2n) is 6.39. The Labute approximate surface area is 141 Å². The maximum atomic E-state index is 13.3. The lowest BCUT2D eigenvalue weighted by atomic mass is 10.0. The van der Waals surface area contributed by atoms with Crippen molar-refractivity contribution in [3.8, 4) is 0 Å². The molecule has 1 aromatic rings. The van der Waals surface area contributed by atoms with E-state index in [0.717, 1.165) is 24.9 Å². The van der Waals surface area contributed by atoms with E-state index in [9.17, 15) is 14.0 Å². The SMILES string of the molecule is Cc1cc(CNC(=O)N2CCC(N3CCNC3=O)CC2)ccc1F. The van der Waals surface area contributed by atoms with Gasteiger partial charge in [0.05, 0.1) is 0 Å². The topological polar surface area (TPSA) is 64.7 Å². The number of hydrogen-bond donors (Lipinski definition) is 2. The quantitative estimate of drug-likeness (QED) is 0.886. The first-order valence-electron chi connectivity index (χ1n) is 8.37. The molecule has 0 aliphatic carbocycles. The van der Waals surface area contributed by atoms with Crippen LogP contribution in [-0.4, -0.2) is 54.1 Å². The Balaban J connectivity index is 1.46. The zero-order chi connectivity index (χ0) is 17.1. The molecular weight excluding hydrogens is 311 g/mol. The van der Waals surface area contributed by atoms with Crippen LogP contribution in [0.5, 0.6) is 0 Å². The number of carbonyl (C=O) groups is 2. The fourth-order valence-corrected chi connectivity index (χ4v) is 3.32. The van der Waals surface area contributed by atoms with Crippen molar-refractivity contribution >= 4 is 12.1 Å². The summed E-state index contributed by atoms with van der Waals surface area (Å²) >= 11 is 0. The molecule has 0 atom stereocenters. The second kappa shape index (κ2) is 7.07. The molecule has 0 aromatic heterocycles. The van der Waals surface area contributed by atoms with E-state index >= 15 is 0 Å². The molecule has 0 radical (unpaired) electrons. The van der Waals surface area contributed by atoms with Gasteiger partial charge in [0.2, 0.25) is 0 Å². The molecule has 130 valence electrons. The lowest BCUT2D eigenvalue weighted by Gasteiger charge is -2.36. The minimum absolute atomic E-state index is 0.00424. The van der Waals surface area contributed by atoms with E-state index in [-0.39, 0.29) is 23.9 Å². The van der Waals surface area contributed by atoms with Crippen LogP contribution in [0.4, 0.5) is 14.0 Å². The van der Waals surface area contributed by atoms with Gasteiger partial charge in [-0.1, -0.05) is 12.1 Å². The van der Waals surface area contributed by atoms with Crippen LogP contribution in [0, 0.1) is 12.7 Å². The number of rotatable bonds is 3. The van der Waals surface area contributed by atoms with E-state index in [1.54, 1.807) is 24.0 Å². The minimum Gasteiger partial charge on any atom is -0.336 e. The van der Waals surface area contributed by atoms with E-state index in [4.69, 9.17) is 0 Å². The van der Waals surface area contributed by atoms with Gasteiger partial charge in [-0.3, -0.25) is 0 Å². The molecule has 2 heterocycles. The second-order valence-corrected chi connectivity index (χ2v) is 6.39. The molecule has 7 heteroatoms. The number of piperidine rings is 1.